The van der Waals surface area contributed by atoms with Crippen molar-refractivity contribution in [2.45, 2.75) is 13.8 Å². The van der Waals surface area contributed by atoms with Crippen LogP contribution in [0.4, 0.5) is 0 Å². The van der Waals surface area contributed by atoms with Crippen molar-refractivity contribution >= 4 is 23.4 Å². The van der Waals surface area contributed by atoms with Crippen LogP contribution in [0.25, 0.3) is 16.5 Å². The number of hydrogen-bond donors (Lipinski definition) is 0. The summed E-state index contributed by atoms with van der Waals surface area (Å²) in [5, 5.41) is 5.27. The fraction of sp³-hybridized carbons (Fsp3) is 0.300. The van der Waals surface area contributed by atoms with Gasteiger partial charge in [-0.3, -0.25) is 0 Å². The second-order valence-electron chi connectivity index (χ2n) is 2.97. The predicted octanol–water partition coefficient (Wildman–Crippen LogP) is 3.27. The summed E-state index contributed by atoms with van der Waals surface area (Å²) < 4.78 is 4.77. The molecule has 5 nitrogen and oxygen atoms in total. The van der Waals surface area contributed by atoms with Crippen molar-refractivity contribution in [1.82, 2.24) is 0 Å². The van der Waals surface area contributed by atoms with Gasteiger partial charge in [-0.15, -0.1) is 11.3 Å². The molecule has 0 atom stereocenters. The zero-order chi connectivity index (χ0) is 12.0. The van der Waals surface area contributed by atoms with Crippen LogP contribution < -0.4 is 0 Å². The number of esters is 1. The molecule has 0 bridgehead atoms. The van der Waals surface area contributed by atoms with Crippen molar-refractivity contribution in [2.24, 2.45) is 5.11 Å². The minimum Gasteiger partial charge on any atom is -0.462 e. The van der Waals surface area contributed by atoms with Crippen molar-refractivity contribution in [3.8, 4) is 0 Å². The van der Waals surface area contributed by atoms with Crippen LogP contribution in [0, 0.1) is 6.92 Å². The van der Waals surface area contributed by atoms with E-state index >= 15 is 0 Å². The minimum absolute atomic E-state index is 0.0220. The van der Waals surface area contributed by atoms with E-state index in [1.54, 1.807) is 6.92 Å². The summed E-state index contributed by atoms with van der Waals surface area (Å²) in [4.78, 5) is 14.9. The van der Waals surface area contributed by atoms with Crippen LogP contribution in [0.5, 0.6) is 0 Å². The summed E-state index contributed by atoms with van der Waals surface area (Å²) in [6, 6.07) is 1.90. The van der Waals surface area contributed by atoms with E-state index < -0.39 is 5.97 Å². The monoisotopic (exact) mass is 237 g/mol. The SMILES string of the molecule is CCOC(=O)C(=Cc1cc(C)cs1)N=[N+]=[N-]. The van der Waals surface area contributed by atoms with Crippen LogP contribution >= 0.6 is 11.3 Å². The quantitative estimate of drug-likeness (QED) is 0.265. The van der Waals surface area contributed by atoms with E-state index in [-0.39, 0.29) is 12.3 Å². The smallest absolute Gasteiger partial charge is 0.340 e. The molecule has 0 saturated heterocycles. The lowest BCUT2D eigenvalue weighted by molar-refractivity contribution is -0.138. The second kappa shape index (κ2) is 5.95. The lowest BCUT2D eigenvalue weighted by Gasteiger charge is -1.99. The van der Waals surface area contributed by atoms with Gasteiger partial charge in [0.05, 0.1) is 6.61 Å². The topological polar surface area (TPSA) is 75.1 Å². The largest absolute Gasteiger partial charge is 0.462 e. The van der Waals surface area contributed by atoms with Crippen molar-refractivity contribution < 1.29 is 9.53 Å². The van der Waals surface area contributed by atoms with Crippen LogP contribution in [0.2, 0.25) is 0 Å². The molecule has 0 radical (unpaired) electrons. The van der Waals surface area contributed by atoms with Gasteiger partial charge in [-0.05, 0) is 42.5 Å². The van der Waals surface area contributed by atoms with Gasteiger partial charge < -0.3 is 4.74 Å². The van der Waals surface area contributed by atoms with Gasteiger partial charge in [-0.25, -0.2) is 4.79 Å². The Kier molecular flexibility index (Phi) is 4.57. The Morgan fingerprint density at radius 1 is 1.75 bits per heavy atom. The molecule has 1 heterocycles. The summed E-state index contributed by atoms with van der Waals surface area (Å²) in [6.45, 7) is 3.90. The van der Waals surface area contributed by atoms with Gasteiger partial charge in [0.2, 0.25) is 0 Å². The highest BCUT2D eigenvalue weighted by atomic mass is 32.1. The zero-order valence-corrected chi connectivity index (χ0v) is 9.82. The maximum absolute atomic E-state index is 11.4. The van der Waals surface area contributed by atoms with E-state index in [1.165, 1.54) is 17.4 Å². The molecule has 16 heavy (non-hydrogen) atoms. The first-order valence-corrected chi connectivity index (χ1v) is 5.54. The van der Waals surface area contributed by atoms with Crippen molar-refractivity contribution in [3.63, 3.8) is 0 Å². The Morgan fingerprint density at radius 3 is 3.00 bits per heavy atom. The molecule has 1 aromatic rings. The Labute approximate surface area is 97.0 Å². The molecule has 0 amide bonds. The number of ether oxygens (including phenoxy) is 1. The summed E-state index contributed by atoms with van der Waals surface area (Å²) in [6.07, 6.45) is 1.52. The first-order chi connectivity index (χ1) is 7.67. The van der Waals surface area contributed by atoms with E-state index in [1.807, 2.05) is 18.4 Å². The lowest BCUT2D eigenvalue weighted by atomic mass is 10.3. The van der Waals surface area contributed by atoms with Gasteiger partial charge in [0.1, 0.15) is 5.70 Å². The van der Waals surface area contributed by atoms with Crippen LogP contribution in [0.1, 0.15) is 17.4 Å². The lowest BCUT2D eigenvalue weighted by Crippen LogP contribution is -2.05. The van der Waals surface area contributed by atoms with E-state index in [0.717, 1.165) is 10.4 Å². The average Bonchev–Trinajstić information content (AvgIpc) is 2.64. The Bertz CT molecular complexity index is 458. The molecule has 0 unspecified atom stereocenters. The molecule has 0 aliphatic rings. The van der Waals surface area contributed by atoms with E-state index in [0.29, 0.717) is 0 Å². The normalized spacial score (nSPS) is 10.8. The highest BCUT2D eigenvalue weighted by molar-refractivity contribution is 7.11. The first-order valence-electron chi connectivity index (χ1n) is 4.66. The van der Waals surface area contributed by atoms with Gasteiger partial charge in [-0.1, -0.05) is 5.11 Å². The van der Waals surface area contributed by atoms with Crippen molar-refractivity contribution in [1.29, 1.82) is 0 Å². The van der Waals surface area contributed by atoms with Gasteiger partial charge in [0, 0.05) is 9.79 Å². The maximum Gasteiger partial charge on any atom is 0.340 e. The molecule has 1 rings (SSSR count). The van der Waals surface area contributed by atoms with Gasteiger partial charge in [0.15, 0.2) is 0 Å². The molecule has 0 fully saturated rings. The summed E-state index contributed by atoms with van der Waals surface area (Å²) in [7, 11) is 0. The summed E-state index contributed by atoms with van der Waals surface area (Å²) >= 11 is 1.47. The van der Waals surface area contributed by atoms with Crippen LogP contribution in [-0.4, -0.2) is 12.6 Å². The summed E-state index contributed by atoms with van der Waals surface area (Å²) in [5.74, 6) is -0.605. The second-order valence-corrected chi connectivity index (χ2v) is 3.91. The third-order valence-corrected chi connectivity index (χ3v) is 2.66. The molecule has 0 aliphatic carbocycles. The molecular weight excluding hydrogens is 226 g/mol. The molecule has 84 valence electrons. The molecule has 6 heteroatoms. The number of rotatable bonds is 4. The number of thiophene rings is 1. The van der Waals surface area contributed by atoms with Crippen LogP contribution in [0.3, 0.4) is 0 Å². The average molecular weight is 237 g/mol. The molecule has 0 spiro atoms. The first kappa shape index (κ1) is 12.3. The summed E-state index contributed by atoms with van der Waals surface area (Å²) in [5.41, 5.74) is 9.43. The molecule has 0 aromatic carbocycles. The molecule has 0 N–H and O–H groups in total. The molecular formula is C10H11N3O2S. The third-order valence-electron chi connectivity index (χ3n) is 1.67. The zero-order valence-electron chi connectivity index (χ0n) is 9.01. The van der Waals surface area contributed by atoms with E-state index in [9.17, 15) is 4.79 Å². The van der Waals surface area contributed by atoms with Gasteiger partial charge in [-0.2, -0.15) is 0 Å². The fourth-order valence-electron chi connectivity index (χ4n) is 1.05. The fourth-order valence-corrected chi connectivity index (χ4v) is 1.87. The third kappa shape index (κ3) is 3.42. The number of carbonyl (C=O) groups is 1. The molecule has 0 saturated carbocycles. The highest BCUT2D eigenvalue weighted by Crippen LogP contribution is 2.18. The number of hydrogen-bond acceptors (Lipinski definition) is 4. The Morgan fingerprint density at radius 2 is 2.50 bits per heavy atom. The number of nitrogens with zero attached hydrogens (tertiary/aromatic N) is 3. The number of carbonyl (C=O) groups excluding carboxylic acids is 1. The number of aryl methyl sites for hydroxylation is 1. The maximum atomic E-state index is 11.4. The van der Waals surface area contributed by atoms with Crippen molar-refractivity contribution in [3.05, 3.63) is 38.0 Å². The minimum atomic E-state index is -0.605. The van der Waals surface area contributed by atoms with Crippen molar-refractivity contribution in [2.75, 3.05) is 6.61 Å². The Balaban J connectivity index is 2.97. The van der Waals surface area contributed by atoms with Crippen LogP contribution in [0.15, 0.2) is 22.3 Å². The standard InChI is InChI=1S/C10H11N3O2S/c1-3-15-10(14)9(12-13-11)5-8-4-7(2)6-16-8/h4-6H,3H2,1-2H3. The Hall–Kier alpha value is -1.78. The van der Waals surface area contributed by atoms with E-state index in [4.69, 9.17) is 10.3 Å². The molecule has 1 aromatic heterocycles. The van der Waals surface area contributed by atoms with Gasteiger partial charge >= 0.3 is 5.97 Å². The predicted molar refractivity (Wildman–Crippen MR) is 62.8 cm³/mol. The van der Waals surface area contributed by atoms with Gasteiger partial charge in [0.25, 0.3) is 0 Å². The van der Waals surface area contributed by atoms with E-state index in [2.05, 4.69) is 10.0 Å². The van der Waals surface area contributed by atoms with Crippen LogP contribution in [-0.2, 0) is 9.53 Å². The highest BCUT2D eigenvalue weighted by Gasteiger charge is 2.08. The number of azide groups is 1. The molecule has 0 aliphatic heterocycles.